The SMILES string of the molecule is CCc1cc2ccc(C=O)nc2[nH]c1=O. The monoisotopic (exact) mass is 202 g/mol. The molecule has 2 aromatic rings. The van der Waals surface area contributed by atoms with Gasteiger partial charge in [-0.3, -0.25) is 9.59 Å². The van der Waals surface area contributed by atoms with E-state index < -0.39 is 0 Å². The zero-order chi connectivity index (χ0) is 10.8. The molecule has 76 valence electrons. The molecule has 15 heavy (non-hydrogen) atoms. The number of rotatable bonds is 2. The van der Waals surface area contributed by atoms with Crippen LogP contribution in [0.25, 0.3) is 11.0 Å². The van der Waals surface area contributed by atoms with Crippen molar-refractivity contribution in [3.63, 3.8) is 0 Å². The quantitative estimate of drug-likeness (QED) is 0.746. The van der Waals surface area contributed by atoms with E-state index in [1.54, 1.807) is 18.2 Å². The van der Waals surface area contributed by atoms with Crippen LogP contribution < -0.4 is 5.56 Å². The van der Waals surface area contributed by atoms with Crippen LogP contribution in [0, 0.1) is 0 Å². The molecule has 0 unspecified atom stereocenters. The van der Waals surface area contributed by atoms with Gasteiger partial charge < -0.3 is 4.98 Å². The molecule has 0 spiro atoms. The number of aldehydes is 1. The molecule has 0 aromatic carbocycles. The van der Waals surface area contributed by atoms with Crippen LogP contribution in [-0.4, -0.2) is 16.3 Å². The summed E-state index contributed by atoms with van der Waals surface area (Å²) in [5.41, 5.74) is 1.37. The molecule has 0 radical (unpaired) electrons. The summed E-state index contributed by atoms with van der Waals surface area (Å²) in [6, 6.07) is 5.21. The summed E-state index contributed by atoms with van der Waals surface area (Å²) in [6.07, 6.45) is 1.34. The lowest BCUT2D eigenvalue weighted by molar-refractivity contribution is 0.111. The molecule has 0 aliphatic carbocycles. The second-order valence-electron chi connectivity index (χ2n) is 3.27. The number of H-pyrrole nitrogens is 1. The highest BCUT2D eigenvalue weighted by Crippen LogP contribution is 2.09. The summed E-state index contributed by atoms with van der Waals surface area (Å²) in [5, 5.41) is 0.844. The van der Waals surface area contributed by atoms with Gasteiger partial charge in [-0.2, -0.15) is 0 Å². The van der Waals surface area contributed by atoms with Gasteiger partial charge in [0, 0.05) is 10.9 Å². The molecule has 2 aromatic heterocycles. The molecule has 0 amide bonds. The van der Waals surface area contributed by atoms with Gasteiger partial charge in [-0.25, -0.2) is 4.98 Å². The number of hydrogen-bond acceptors (Lipinski definition) is 3. The lowest BCUT2D eigenvalue weighted by Gasteiger charge is -2.00. The Balaban J connectivity index is 2.75. The number of aromatic nitrogens is 2. The first-order valence-corrected chi connectivity index (χ1v) is 4.72. The minimum absolute atomic E-state index is 0.138. The second kappa shape index (κ2) is 3.65. The predicted octanol–water partition coefficient (Wildman–Crippen LogP) is 1.30. The second-order valence-corrected chi connectivity index (χ2v) is 3.27. The van der Waals surface area contributed by atoms with Crippen molar-refractivity contribution in [2.45, 2.75) is 13.3 Å². The number of nitrogens with one attached hydrogen (secondary N) is 1. The summed E-state index contributed by atoms with van der Waals surface area (Å²) < 4.78 is 0. The Morgan fingerprint density at radius 1 is 1.47 bits per heavy atom. The molecular weight excluding hydrogens is 192 g/mol. The highest BCUT2D eigenvalue weighted by atomic mass is 16.1. The fourth-order valence-corrected chi connectivity index (χ4v) is 1.47. The van der Waals surface area contributed by atoms with Gasteiger partial charge in [-0.05, 0) is 24.6 Å². The summed E-state index contributed by atoms with van der Waals surface area (Å²) >= 11 is 0. The Bertz CT molecular complexity index is 572. The summed E-state index contributed by atoms with van der Waals surface area (Å²) in [6.45, 7) is 1.92. The van der Waals surface area contributed by atoms with E-state index in [2.05, 4.69) is 9.97 Å². The smallest absolute Gasteiger partial charge is 0.252 e. The van der Waals surface area contributed by atoms with Gasteiger partial charge in [-0.15, -0.1) is 0 Å². The van der Waals surface area contributed by atoms with Crippen LogP contribution in [0.1, 0.15) is 23.0 Å². The molecule has 0 saturated heterocycles. The highest BCUT2D eigenvalue weighted by Gasteiger charge is 2.02. The van der Waals surface area contributed by atoms with E-state index >= 15 is 0 Å². The lowest BCUT2D eigenvalue weighted by atomic mass is 10.1. The molecule has 4 nitrogen and oxygen atoms in total. The minimum atomic E-state index is -0.138. The molecule has 0 fully saturated rings. The van der Waals surface area contributed by atoms with E-state index in [0.717, 1.165) is 10.9 Å². The van der Waals surface area contributed by atoms with Gasteiger partial charge >= 0.3 is 0 Å². The maximum absolute atomic E-state index is 11.5. The lowest BCUT2D eigenvalue weighted by Crippen LogP contribution is -2.12. The summed E-state index contributed by atoms with van der Waals surface area (Å²) in [5.74, 6) is 0. The first-order valence-electron chi connectivity index (χ1n) is 4.72. The number of fused-ring (bicyclic) bond motifs is 1. The van der Waals surface area contributed by atoms with Crippen molar-refractivity contribution in [1.82, 2.24) is 9.97 Å². The van der Waals surface area contributed by atoms with Crippen molar-refractivity contribution in [3.05, 3.63) is 39.8 Å². The van der Waals surface area contributed by atoms with Gasteiger partial charge in [0.2, 0.25) is 0 Å². The first-order chi connectivity index (χ1) is 7.24. The van der Waals surface area contributed by atoms with E-state index in [4.69, 9.17) is 0 Å². The molecule has 4 heteroatoms. The van der Waals surface area contributed by atoms with Gasteiger partial charge in [-0.1, -0.05) is 6.92 Å². The first kappa shape index (κ1) is 9.58. The normalized spacial score (nSPS) is 10.5. The minimum Gasteiger partial charge on any atom is -0.306 e. The molecule has 0 saturated carbocycles. The van der Waals surface area contributed by atoms with Crippen LogP contribution in [0.5, 0.6) is 0 Å². The molecule has 0 aliphatic rings. The molecule has 0 bridgehead atoms. The molecule has 2 heterocycles. The molecule has 0 atom stereocenters. The highest BCUT2D eigenvalue weighted by molar-refractivity contribution is 5.81. The fraction of sp³-hybridized carbons (Fsp3) is 0.182. The predicted molar refractivity (Wildman–Crippen MR) is 57.1 cm³/mol. The number of pyridine rings is 2. The molecular formula is C11H10N2O2. The van der Waals surface area contributed by atoms with Crippen molar-refractivity contribution < 1.29 is 4.79 Å². The van der Waals surface area contributed by atoms with E-state index in [0.29, 0.717) is 24.0 Å². The standard InChI is InChI=1S/C11H10N2O2/c1-2-7-5-8-3-4-9(6-14)12-10(8)13-11(7)15/h3-6H,2H2,1H3,(H,12,13,15). The van der Waals surface area contributed by atoms with Crippen molar-refractivity contribution in [2.24, 2.45) is 0 Å². The van der Waals surface area contributed by atoms with Crippen LogP contribution in [0.2, 0.25) is 0 Å². The Labute approximate surface area is 86.0 Å². The third-order valence-corrected chi connectivity index (χ3v) is 2.30. The van der Waals surface area contributed by atoms with Gasteiger partial charge in [0.25, 0.3) is 5.56 Å². The Hall–Kier alpha value is -1.97. The van der Waals surface area contributed by atoms with Gasteiger partial charge in [0.05, 0.1) is 0 Å². The third-order valence-electron chi connectivity index (χ3n) is 2.30. The zero-order valence-corrected chi connectivity index (χ0v) is 8.28. The van der Waals surface area contributed by atoms with Crippen LogP contribution in [0.4, 0.5) is 0 Å². The van der Waals surface area contributed by atoms with Crippen molar-refractivity contribution in [3.8, 4) is 0 Å². The van der Waals surface area contributed by atoms with Crippen molar-refractivity contribution in [2.75, 3.05) is 0 Å². The van der Waals surface area contributed by atoms with Crippen molar-refractivity contribution in [1.29, 1.82) is 0 Å². The van der Waals surface area contributed by atoms with E-state index in [1.165, 1.54) is 0 Å². The Kier molecular flexibility index (Phi) is 2.33. The van der Waals surface area contributed by atoms with E-state index in [-0.39, 0.29) is 5.56 Å². The largest absolute Gasteiger partial charge is 0.306 e. The van der Waals surface area contributed by atoms with Crippen LogP contribution in [0.15, 0.2) is 23.0 Å². The van der Waals surface area contributed by atoms with Crippen molar-refractivity contribution >= 4 is 17.3 Å². The van der Waals surface area contributed by atoms with Crippen LogP contribution in [-0.2, 0) is 6.42 Å². The maximum Gasteiger partial charge on any atom is 0.252 e. The maximum atomic E-state index is 11.5. The number of aromatic amines is 1. The Morgan fingerprint density at radius 2 is 2.27 bits per heavy atom. The van der Waals surface area contributed by atoms with Gasteiger partial charge in [0.1, 0.15) is 11.3 Å². The summed E-state index contributed by atoms with van der Waals surface area (Å²) in [7, 11) is 0. The topological polar surface area (TPSA) is 62.8 Å². The fourth-order valence-electron chi connectivity index (χ4n) is 1.47. The van der Waals surface area contributed by atoms with Crippen LogP contribution in [0.3, 0.4) is 0 Å². The van der Waals surface area contributed by atoms with Gasteiger partial charge in [0.15, 0.2) is 6.29 Å². The number of carbonyl (C=O) groups excluding carboxylic acids is 1. The molecule has 1 N–H and O–H groups in total. The van der Waals surface area contributed by atoms with Crippen LogP contribution >= 0.6 is 0 Å². The molecule has 0 aliphatic heterocycles. The zero-order valence-electron chi connectivity index (χ0n) is 8.28. The summed E-state index contributed by atoms with van der Waals surface area (Å²) in [4.78, 5) is 28.6. The number of aryl methyl sites for hydroxylation is 1. The number of nitrogens with zero attached hydrogens (tertiary/aromatic N) is 1. The third kappa shape index (κ3) is 1.66. The average Bonchev–Trinajstić information content (AvgIpc) is 2.27. The average molecular weight is 202 g/mol. The number of hydrogen-bond donors (Lipinski definition) is 1. The Morgan fingerprint density at radius 3 is 2.93 bits per heavy atom. The van der Waals surface area contributed by atoms with E-state index in [9.17, 15) is 9.59 Å². The number of carbonyl (C=O) groups is 1. The van der Waals surface area contributed by atoms with E-state index in [1.807, 2.05) is 6.92 Å². The molecule has 2 rings (SSSR count).